The van der Waals surface area contributed by atoms with Crippen LogP contribution in [0.4, 0.5) is 5.13 Å². The van der Waals surface area contributed by atoms with Gasteiger partial charge in [0.05, 0.1) is 5.69 Å². The maximum atomic E-state index is 11.6. The minimum absolute atomic E-state index is 0.0656. The van der Waals surface area contributed by atoms with E-state index >= 15 is 0 Å². The molecule has 1 saturated carbocycles. The second kappa shape index (κ2) is 4.14. The Morgan fingerprint density at radius 3 is 2.94 bits per heavy atom. The zero-order valence-electron chi connectivity index (χ0n) is 9.62. The van der Waals surface area contributed by atoms with Gasteiger partial charge in [-0.05, 0) is 26.7 Å². The second-order valence-electron chi connectivity index (χ2n) is 5.07. The van der Waals surface area contributed by atoms with Crippen LogP contribution in [0.5, 0.6) is 0 Å². The lowest BCUT2D eigenvalue weighted by atomic mass is 10.0. The van der Waals surface area contributed by atoms with Crippen LogP contribution in [0, 0.1) is 0 Å². The molecule has 0 radical (unpaired) electrons. The number of hydrogen-bond donors (Lipinski definition) is 2. The number of aromatic nitrogens is 1. The van der Waals surface area contributed by atoms with Gasteiger partial charge in [0.1, 0.15) is 0 Å². The standard InChI is InChI=1S/C11H17N3OS/c1-11(2,12)5-9(15)14-10-13-8(6-16-10)7-3-4-7/h6-7H,3-5,12H2,1-2H3,(H,13,14,15). The molecule has 0 aliphatic heterocycles. The topological polar surface area (TPSA) is 68.0 Å². The van der Waals surface area contributed by atoms with Gasteiger partial charge in [0.15, 0.2) is 5.13 Å². The number of nitrogens with zero attached hydrogens (tertiary/aromatic N) is 1. The fraction of sp³-hybridized carbons (Fsp3) is 0.636. The van der Waals surface area contributed by atoms with Crippen molar-refractivity contribution in [1.82, 2.24) is 4.98 Å². The summed E-state index contributed by atoms with van der Waals surface area (Å²) in [7, 11) is 0. The molecule has 0 spiro atoms. The van der Waals surface area contributed by atoms with E-state index in [4.69, 9.17) is 5.73 Å². The zero-order valence-corrected chi connectivity index (χ0v) is 10.4. The Hall–Kier alpha value is -0.940. The van der Waals surface area contributed by atoms with Gasteiger partial charge < -0.3 is 11.1 Å². The molecule has 1 aromatic rings. The van der Waals surface area contributed by atoms with Crippen LogP contribution in [0.15, 0.2) is 5.38 Å². The highest BCUT2D eigenvalue weighted by molar-refractivity contribution is 7.13. The summed E-state index contributed by atoms with van der Waals surface area (Å²) in [5.74, 6) is 0.567. The molecule has 0 unspecified atom stereocenters. The van der Waals surface area contributed by atoms with Crippen molar-refractivity contribution in [1.29, 1.82) is 0 Å². The summed E-state index contributed by atoms with van der Waals surface area (Å²) in [6, 6.07) is 0. The monoisotopic (exact) mass is 239 g/mol. The van der Waals surface area contributed by atoms with E-state index in [1.165, 1.54) is 24.2 Å². The molecule has 0 saturated heterocycles. The van der Waals surface area contributed by atoms with Gasteiger partial charge in [-0.15, -0.1) is 11.3 Å². The van der Waals surface area contributed by atoms with E-state index in [9.17, 15) is 4.79 Å². The predicted molar refractivity (Wildman–Crippen MR) is 65.6 cm³/mol. The highest BCUT2D eigenvalue weighted by Gasteiger charge is 2.26. The molecule has 5 heteroatoms. The Balaban J connectivity index is 1.90. The summed E-state index contributed by atoms with van der Waals surface area (Å²) in [6.45, 7) is 3.67. The first-order valence-corrected chi connectivity index (χ1v) is 6.36. The summed E-state index contributed by atoms with van der Waals surface area (Å²) >= 11 is 1.49. The van der Waals surface area contributed by atoms with Crippen molar-refractivity contribution in [2.75, 3.05) is 5.32 Å². The molecule has 0 bridgehead atoms. The summed E-state index contributed by atoms with van der Waals surface area (Å²) in [6.07, 6.45) is 2.77. The van der Waals surface area contributed by atoms with E-state index in [1.807, 2.05) is 19.2 Å². The van der Waals surface area contributed by atoms with E-state index in [-0.39, 0.29) is 5.91 Å². The number of thiazole rings is 1. The highest BCUT2D eigenvalue weighted by atomic mass is 32.1. The molecule has 1 aromatic heterocycles. The van der Waals surface area contributed by atoms with Crippen LogP contribution >= 0.6 is 11.3 Å². The number of carbonyl (C=O) groups is 1. The number of anilines is 1. The van der Waals surface area contributed by atoms with Crippen LogP contribution < -0.4 is 11.1 Å². The van der Waals surface area contributed by atoms with Gasteiger partial charge in [-0.3, -0.25) is 4.79 Å². The van der Waals surface area contributed by atoms with E-state index in [0.29, 0.717) is 17.5 Å². The van der Waals surface area contributed by atoms with Gasteiger partial charge >= 0.3 is 0 Å². The molecule has 3 N–H and O–H groups in total. The number of rotatable bonds is 4. The lowest BCUT2D eigenvalue weighted by molar-refractivity contribution is -0.117. The average molecular weight is 239 g/mol. The Morgan fingerprint density at radius 2 is 2.38 bits per heavy atom. The van der Waals surface area contributed by atoms with Crippen molar-refractivity contribution in [3.05, 3.63) is 11.1 Å². The van der Waals surface area contributed by atoms with Crippen molar-refractivity contribution in [2.24, 2.45) is 5.73 Å². The number of nitrogens with one attached hydrogen (secondary N) is 1. The second-order valence-corrected chi connectivity index (χ2v) is 5.92. The van der Waals surface area contributed by atoms with Crippen LogP contribution in [0.2, 0.25) is 0 Å². The summed E-state index contributed by atoms with van der Waals surface area (Å²) < 4.78 is 0. The maximum absolute atomic E-state index is 11.6. The molecule has 1 aliphatic rings. The summed E-state index contributed by atoms with van der Waals surface area (Å²) in [5, 5.41) is 5.51. The molecule has 1 fully saturated rings. The SMILES string of the molecule is CC(C)(N)CC(=O)Nc1nc(C2CC2)cs1. The Bertz CT molecular complexity index is 390. The Morgan fingerprint density at radius 1 is 1.69 bits per heavy atom. The smallest absolute Gasteiger partial charge is 0.227 e. The molecular weight excluding hydrogens is 222 g/mol. The van der Waals surface area contributed by atoms with Gasteiger partial charge in [-0.25, -0.2) is 4.98 Å². The third-order valence-electron chi connectivity index (χ3n) is 2.38. The average Bonchev–Trinajstić information content (AvgIpc) is 2.85. The third-order valence-corrected chi connectivity index (χ3v) is 3.16. The number of carbonyl (C=O) groups excluding carboxylic acids is 1. The van der Waals surface area contributed by atoms with Crippen molar-refractivity contribution in [2.45, 2.75) is 44.6 Å². The van der Waals surface area contributed by atoms with Crippen molar-refractivity contribution in [3.63, 3.8) is 0 Å². The first-order valence-electron chi connectivity index (χ1n) is 5.48. The molecule has 0 atom stereocenters. The summed E-state index contributed by atoms with van der Waals surface area (Å²) in [4.78, 5) is 16.0. The zero-order chi connectivity index (χ0) is 11.8. The fourth-order valence-corrected chi connectivity index (χ4v) is 2.30. The Labute approximate surface area is 99.3 Å². The van der Waals surface area contributed by atoms with E-state index in [0.717, 1.165) is 5.69 Å². The molecule has 1 heterocycles. The molecule has 1 amide bonds. The molecule has 88 valence electrons. The van der Waals surface area contributed by atoms with Gasteiger partial charge in [0.2, 0.25) is 5.91 Å². The van der Waals surface area contributed by atoms with Crippen molar-refractivity contribution in [3.8, 4) is 0 Å². The lowest BCUT2D eigenvalue weighted by Crippen LogP contribution is -2.36. The van der Waals surface area contributed by atoms with Crippen molar-refractivity contribution >= 4 is 22.4 Å². The van der Waals surface area contributed by atoms with Crippen LogP contribution in [-0.2, 0) is 4.79 Å². The van der Waals surface area contributed by atoms with Gasteiger partial charge in [0.25, 0.3) is 0 Å². The molecule has 1 aliphatic carbocycles. The van der Waals surface area contributed by atoms with E-state index in [1.54, 1.807) is 0 Å². The van der Waals surface area contributed by atoms with Gasteiger partial charge in [-0.1, -0.05) is 0 Å². The van der Waals surface area contributed by atoms with Crippen LogP contribution in [0.25, 0.3) is 0 Å². The number of amides is 1. The van der Waals surface area contributed by atoms with E-state index in [2.05, 4.69) is 10.3 Å². The first-order chi connectivity index (χ1) is 7.44. The normalized spacial score (nSPS) is 16.2. The molecule has 0 aromatic carbocycles. The number of nitrogens with two attached hydrogens (primary N) is 1. The lowest BCUT2D eigenvalue weighted by Gasteiger charge is -2.16. The van der Waals surface area contributed by atoms with Crippen LogP contribution in [-0.4, -0.2) is 16.4 Å². The summed E-state index contributed by atoms with van der Waals surface area (Å²) in [5.41, 5.74) is 6.42. The quantitative estimate of drug-likeness (QED) is 0.845. The largest absolute Gasteiger partial charge is 0.325 e. The number of hydrogen-bond acceptors (Lipinski definition) is 4. The van der Waals surface area contributed by atoms with Crippen molar-refractivity contribution < 1.29 is 4.79 Å². The first kappa shape index (κ1) is 11.5. The molecule has 16 heavy (non-hydrogen) atoms. The van der Waals surface area contributed by atoms with Gasteiger partial charge in [-0.2, -0.15) is 0 Å². The van der Waals surface area contributed by atoms with Crippen LogP contribution in [0.3, 0.4) is 0 Å². The minimum Gasteiger partial charge on any atom is -0.325 e. The minimum atomic E-state index is -0.472. The van der Waals surface area contributed by atoms with Crippen LogP contribution in [0.1, 0.15) is 44.7 Å². The van der Waals surface area contributed by atoms with E-state index < -0.39 is 5.54 Å². The fourth-order valence-electron chi connectivity index (χ4n) is 1.49. The van der Waals surface area contributed by atoms with Gasteiger partial charge in [0, 0.05) is 23.3 Å². The molecule has 4 nitrogen and oxygen atoms in total. The molecular formula is C11H17N3OS. The predicted octanol–water partition coefficient (Wildman–Crippen LogP) is 2.09. The maximum Gasteiger partial charge on any atom is 0.227 e. The third kappa shape index (κ3) is 3.28. The highest BCUT2D eigenvalue weighted by Crippen LogP contribution is 2.40. The Kier molecular flexibility index (Phi) is 2.99. The molecule has 2 rings (SSSR count).